The van der Waals surface area contributed by atoms with Gasteiger partial charge in [0.25, 0.3) is 0 Å². The van der Waals surface area contributed by atoms with Gasteiger partial charge in [0.05, 0.1) is 0 Å². The van der Waals surface area contributed by atoms with Crippen LogP contribution in [0.4, 0.5) is 0 Å². The minimum Gasteiger partial charge on any atom is -0.479 e. The number of likely N-dealkylation sites (N-methyl/N-ethyl adjacent to an activating group) is 1. The highest BCUT2D eigenvalue weighted by molar-refractivity contribution is 5.87. The summed E-state index contributed by atoms with van der Waals surface area (Å²) in [5, 5.41) is 13.6. The smallest absolute Gasteiger partial charge is 0.329 e. The summed E-state index contributed by atoms with van der Waals surface area (Å²) in [6.07, 6.45) is 5.66. The van der Waals surface area contributed by atoms with Gasteiger partial charge in [-0.05, 0) is 25.0 Å². The minimum atomic E-state index is -1.09. The fourth-order valence-electron chi connectivity index (χ4n) is 3.41. The molecule has 1 amide bonds. The van der Waals surface area contributed by atoms with Gasteiger partial charge in [0.1, 0.15) is 11.2 Å². The average molecular weight is 358 g/mol. The Morgan fingerprint density at radius 3 is 2.69 bits per heavy atom. The van der Waals surface area contributed by atoms with Crippen LogP contribution in [0.15, 0.2) is 28.9 Å². The van der Waals surface area contributed by atoms with Crippen molar-refractivity contribution in [3.8, 4) is 11.5 Å². The third kappa shape index (κ3) is 3.58. The van der Waals surface area contributed by atoms with Gasteiger partial charge in [-0.2, -0.15) is 4.98 Å². The predicted octanol–water partition coefficient (Wildman–Crippen LogP) is 2.31. The lowest BCUT2D eigenvalue weighted by Gasteiger charge is -2.41. The molecule has 3 rings (SSSR count). The van der Waals surface area contributed by atoms with Crippen molar-refractivity contribution in [1.29, 1.82) is 0 Å². The summed E-state index contributed by atoms with van der Waals surface area (Å²) in [6, 6.07) is 5.39. The summed E-state index contributed by atoms with van der Waals surface area (Å²) < 4.78 is 5.18. The zero-order valence-electron chi connectivity index (χ0n) is 14.7. The molecular formula is C18H22N4O4. The molecule has 0 saturated heterocycles. The summed E-state index contributed by atoms with van der Waals surface area (Å²) in [5.74, 6) is -0.453. The second-order valence-corrected chi connectivity index (χ2v) is 6.58. The first-order chi connectivity index (χ1) is 12.5. The van der Waals surface area contributed by atoms with Crippen molar-refractivity contribution < 1.29 is 19.2 Å². The molecule has 1 fully saturated rings. The SMILES string of the molecule is CN(C(=O)CCc1nc(-c2ccccn2)no1)C1(C(=O)O)CCCCC1. The largest absolute Gasteiger partial charge is 0.479 e. The highest BCUT2D eigenvalue weighted by Gasteiger charge is 2.45. The number of nitrogens with zero attached hydrogens (tertiary/aromatic N) is 4. The number of amides is 1. The quantitative estimate of drug-likeness (QED) is 0.843. The number of aromatic nitrogens is 3. The van der Waals surface area contributed by atoms with E-state index in [1.54, 1.807) is 25.4 Å². The lowest BCUT2D eigenvalue weighted by atomic mass is 9.80. The van der Waals surface area contributed by atoms with Crippen LogP contribution in [0.2, 0.25) is 0 Å². The number of carbonyl (C=O) groups excluding carboxylic acids is 1. The number of pyridine rings is 1. The molecule has 2 heterocycles. The zero-order valence-corrected chi connectivity index (χ0v) is 14.7. The number of carboxylic acids is 1. The standard InChI is InChI=1S/C18H22N4O4/c1-22(18(17(24)25)10-4-2-5-11-18)15(23)9-8-14-20-16(21-26-14)13-7-3-6-12-19-13/h3,6-7,12H,2,4-5,8-11H2,1H3,(H,24,25). The van der Waals surface area contributed by atoms with Crippen molar-refractivity contribution in [2.45, 2.75) is 50.5 Å². The van der Waals surface area contributed by atoms with Crippen LogP contribution in [0.1, 0.15) is 44.4 Å². The van der Waals surface area contributed by atoms with E-state index in [2.05, 4.69) is 15.1 Å². The molecule has 1 N–H and O–H groups in total. The maximum absolute atomic E-state index is 12.6. The second-order valence-electron chi connectivity index (χ2n) is 6.58. The fourth-order valence-corrected chi connectivity index (χ4v) is 3.41. The topological polar surface area (TPSA) is 109 Å². The van der Waals surface area contributed by atoms with Crippen LogP contribution >= 0.6 is 0 Å². The van der Waals surface area contributed by atoms with Crippen LogP contribution in [-0.4, -0.2) is 49.6 Å². The lowest BCUT2D eigenvalue weighted by Crippen LogP contribution is -2.56. The molecule has 2 aromatic rings. The highest BCUT2D eigenvalue weighted by Crippen LogP contribution is 2.33. The Morgan fingerprint density at radius 2 is 2.04 bits per heavy atom. The molecular weight excluding hydrogens is 336 g/mol. The van der Waals surface area contributed by atoms with Gasteiger partial charge in [0, 0.05) is 26.1 Å². The molecule has 0 aromatic carbocycles. The second kappa shape index (κ2) is 7.63. The van der Waals surface area contributed by atoms with Gasteiger partial charge in [-0.1, -0.05) is 30.5 Å². The van der Waals surface area contributed by atoms with E-state index in [1.807, 2.05) is 6.07 Å². The molecule has 0 aliphatic heterocycles. The van der Waals surface area contributed by atoms with E-state index < -0.39 is 11.5 Å². The monoisotopic (exact) mass is 358 g/mol. The van der Waals surface area contributed by atoms with Crippen molar-refractivity contribution in [2.75, 3.05) is 7.05 Å². The molecule has 0 unspecified atom stereocenters. The van der Waals surface area contributed by atoms with Crippen LogP contribution in [0, 0.1) is 0 Å². The summed E-state index contributed by atoms with van der Waals surface area (Å²) in [7, 11) is 1.58. The Hall–Kier alpha value is -2.77. The van der Waals surface area contributed by atoms with Gasteiger partial charge < -0.3 is 14.5 Å². The van der Waals surface area contributed by atoms with E-state index in [0.717, 1.165) is 19.3 Å². The van der Waals surface area contributed by atoms with Crippen LogP contribution < -0.4 is 0 Å². The number of rotatable bonds is 6. The highest BCUT2D eigenvalue weighted by atomic mass is 16.5. The van der Waals surface area contributed by atoms with Gasteiger partial charge >= 0.3 is 5.97 Å². The van der Waals surface area contributed by atoms with Crippen molar-refractivity contribution in [3.05, 3.63) is 30.3 Å². The van der Waals surface area contributed by atoms with Crippen molar-refractivity contribution in [2.24, 2.45) is 0 Å². The number of hydrogen-bond acceptors (Lipinski definition) is 6. The van der Waals surface area contributed by atoms with E-state index in [1.165, 1.54) is 4.90 Å². The van der Waals surface area contributed by atoms with Gasteiger partial charge in [0.15, 0.2) is 0 Å². The Morgan fingerprint density at radius 1 is 1.27 bits per heavy atom. The number of carbonyl (C=O) groups is 2. The molecule has 0 atom stereocenters. The molecule has 0 bridgehead atoms. The first-order valence-corrected chi connectivity index (χ1v) is 8.77. The molecule has 26 heavy (non-hydrogen) atoms. The van der Waals surface area contributed by atoms with Gasteiger partial charge in [0.2, 0.25) is 17.6 Å². The van der Waals surface area contributed by atoms with E-state index in [0.29, 0.717) is 30.3 Å². The average Bonchev–Trinajstić information content (AvgIpc) is 3.15. The first-order valence-electron chi connectivity index (χ1n) is 8.77. The number of carboxylic acid groups (broad SMARTS) is 1. The van der Waals surface area contributed by atoms with E-state index >= 15 is 0 Å². The third-order valence-corrected chi connectivity index (χ3v) is 5.01. The Labute approximate surface area is 151 Å². The van der Waals surface area contributed by atoms with Crippen LogP contribution in [0.3, 0.4) is 0 Å². The Balaban J connectivity index is 1.63. The summed E-state index contributed by atoms with van der Waals surface area (Å²) in [5.41, 5.74) is -0.499. The van der Waals surface area contributed by atoms with Gasteiger partial charge in [-0.3, -0.25) is 9.78 Å². The number of aliphatic carboxylic acids is 1. The molecule has 0 spiro atoms. The van der Waals surface area contributed by atoms with Crippen molar-refractivity contribution >= 4 is 11.9 Å². The van der Waals surface area contributed by atoms with Crippen molar-refractivity contribution in [3.63, 3.8) is 0 Å². The summed E-state index contributed by atoms with van der Waals surface area (Å²) >= 11 is 0. The summed E-state index contributed by atoms with van der Waals surface area (Å²) in [4.78, 5) is 34.2. The molecule has 2 aromatic heterocycles. The normalized spacial score (nSPS) is 16.2. The Bertz CT molecular complexity index is 769. The van der Waals surface area contributed by atoms with E-state index in [9.17, 15) is 14.7 Å². The molecule has 8 heteroatoms. The van der Waals surface area contributed by atoms with Gasteiger partial charge in [-0.25, -0.2) is 4.79 Å². The fraction of sp³-hybridized carbons (Fsp3) is 0.500. The molecule has 1 saturated carbocycles. The molecule has 0 radical (unpaired) electrons. The Kier molecular flexibility index (Phi) is 5.29. The number of hydrogen-bond donors (Lipinski definition) is 1. The predicted molar refractivity (Wildman–Crippen MR) is 92.1 cm³/mol. The van der Waals surface area contributed by atoms with Crippen LogP contribution in [0.5, 0.6) is 0 Å². The van der Waals surface area contributed by atoms with Crippen LogP contribution in [0.25, 0.3) is 11.5 Å². The lowest BCUT2D eigenvalue weighted by molar-refractivity contribution is -0.160. The van der Waals surface area contributed by atoms with Crippen LogP contribution in [-0.2, 0) is 16.0 Å². The number of aryl methyl sites for hydroxylation is 1. The maximum Gasteiger partial charge on any atom is 0.329 e. The zero-order chi connectivity index (χ0) is 18.6. The van der Waals surface area contributed by atoms with E-state index in [4.69, 9.17) is 4.52 Å². The molecule has 1 aliphatic carbocycles. The maximum atomic E-state index is 12.6. The molecule has 8 nitrogen and oxygen atoms in total. The minimum absolute atomic E-state index is 0.120. The molecule has 138 valence electrons. The van der Waals surface area contributed by atoms with Gasteiger partial charge in [-0.15, -0.1) is 0 Å². The van der Waals surface area contributed by atoms with E-state index in [-0.39, 0.29) is 18.7 Å². The third-order valence-electron chi connectivity index (χ3n) is 5.01. The first kappa shape index (κ1) is 18.0. The molecule has 1 aliphatic rings. The van der Waals surface area contributed by atoms with Crippen molar-refractivity contribution in [1.82, 2.24) is 20.0 Å². The summed E-state index contributed by atoms with van der Waals surface area (Å²) in [6.45, 7) is 0.